The van der Waals surface area contributed by atoms with Crippen molar-refractivity contribution in [2.24, 2.45) is 0 Å². The van der Waals surface area contributed by atoms with Crippen LogP contribution in [0.2, 0.25) is 5.02 Å². The molecule has 0 saturated carbocycles. The Hall–Kier alpha value is -3.08. The lowest BCUT2D eigenvalue weighted by atomic mass is 9.96. The Balaban J connectivity index is 1.36. The number of fused-ring (bicyclic) bond motifs is 1. The van der Waals surface area contributed by atoms with Crippen LogP contribution in [0.4, 0.5) is 0 Å². The molecule has 4 aromatic rings. The van der Waals surface area contributed by atoms with Crippen LogP contribution in [0.25, 0.3) is 11.0 Å². The van der Waals surface area contributed by atoms with E-state index >= 15 is 0 Å². The van der Waals surface area contributed by atoms with Crippen molar-refractivity contribution in [3.05, 3.63) is 106 Å². The number of aryl methyl sites for hydroxylation is 1. The zero-order chi connectivity index (χ0) is 22.1. The molecule has 5 rings (SSSR count). The van der Waals surface area contributed by atoms with Crippen molar-refractivity contribution in [1.29, 1.82) is 0 Å². The fourth-order valence-electron chi connectivity index (χ4n) is 4.60. The maximum absolute atomic E-state index is 13.2. The molecule has 0 aliphatic carbocycles. The van der Waals surface area contributed by atoms with Crippen molar-refractivity contribution >= 4 is 28.5 Å². The summed E-state index contributed by atoms with van der Waals surface area (Å²) in [5.74, 6) is 0.429. The molecule has 1 fully saturated rings. The van der Waals surface area contributed by atoms with E-state index in [9.17, 15) is 4.79 Å². The minimum absolute atomic E-state index is 0.0268. The van der Waals surface area contributed by atoms with Gasteiger partial charge in [0.2, 0.25) is 0 Å². The van der Waals surface area contributed by atoms with E-state index in [2.05, 4.69) is 41.3 Å². The fourth-order valence-corrected chi connectivity index (χ4v) is 4.73. The molecular formula is C27H25ClN2O2. The van der Waals surface area contributed by atoms with Gasteiger partial charge in [0, 0.05) is 42.2 Å². The summed E-state index contributed by atoms with van der Waals surface area (Å²) in [6, 6.07) is 26.5. The lowest BCUT2D eigenvalue weighted by molar-refractivity contribution is 0.0569. The Kier molecular flexibility index (Phi) is 5.73. The molecule has 4 nitrogen and oxygen atoms in total. The summed E-state index contributed by atoms with van der Waals surface area (Å²) in [5, 5.41) is 1.73. The van der Waals surface area contributed by atoms with Crippen molar-refractivity contribution in [3.8, 4) is 0 Å². The van der Waals surface area contributed by atoms with E-state index in [1.165, 1.54) is 11.1 Å². The summed E-state index contributed by atoms with van der Waals surface area (Å²) in [4.78, 5) is 17.6. The number of hydrogen-bond donors (Lipinski definition) is 0. The SMILES string of the molecule is Cc1c(C(=O)N2CCN(C(c3ccccc3)c3ccc(Cl)cc3)CC2)oc2ccccc12. The number of benzene rings is 3. The minimum atomic E-state index is -0.0268. The lowest BCUT2D eigenvalue weighted by Gasteiger charge is -2.39. The van der Waals surface area contributed by atoms with E-state index in [1.54, 1.807) is 0 Å². The van der Waals surface area contributed by atoms with Gasteiger partial charge in [0.1, 0.15) is 5.58 Å². The second kappa shape index (κ2) is 8.81. The molecule has 5 heteroatoms. The van der Waals surface area contributed by atoms with E-state index in [0.717, 1.165) is 34.6 Å². The molecule has 1 unspecified atom stereocenters. The Morgan fingerprint density at radius 3 is 2.16 bits per heavy atom. The number of hydrogen-bond acceptors (Lipinski definition) is 3. The van der Waals surface area contributed by atoms with Gasteiger partial charge in [-0.2, -0.15) is 0 Å². The first-order valence-corrected chi connectivity index (χ1v) is 11.3. The fraction of sp³-hybridized carbons (Fsp3) is 0.222. The van der Waals surface area contributed by atoms with Crippen molar-refractivity contribution in [2.75, 3.05) is 26.2 Å². The molecule has 1 aromatic heterocycles. The van der Waals surface area contributed by atoms with Crippen LogP contribution in [0, 0.1) is 6.92 Å². The van der Waals surface area contributed by atoms with Crippen LogP contribution >= 0.6 is 11.6 Å². The molecular weight excluding hydrogens is 420 g/mol. The highest BCUT2D eigenvalue weighted by molar-refractivity contribution is 6.30. The molecule has 1 aliphatic rings. The number of carbonyl (C=O) groups is 1. The molecule has 3 aromatic carbocycles. The van der Waals surface area contributed by atoms with Gasteiger partial charge in [-0.1, -0.05) is 72.3 Å². The zero-order valence-corrected chi connectivity index (χ0v) is 18.8. The van der Waals surface area contributed by atoms with E-state index < -0.39 is 0 Å². The number of para-hydroxylation sites is 1. The third-order valence-corrected chi connectivity index (χ3v) is 6.56. The van der Waals surface area contributed by atoms with Gasteiger partial charge in [-0.05, 0) is 36.2 Å². The van der Waals surface area contributed by atoms with E-state index in [4.69, 9.17) is 16.0 Å². The highest BCUT2D eigenvalue weighted by Gasteiger charge is 2.30. The van der Waals surface area contributed by atoms with Crippen LogP contribution in [-0.2, 0) is 0 Å². The normalized spacial score (nSPS) is 15.8. The van der Waals surface area contributed by atoms with Crippen LogP contribution in [0.1, 0.15) is 33.3 Å². The van der Waals surface area contributed by atoms with Crippen molar-refractivity contribution < 1.29 is 9.21 Å². The number of carbonyl (C=O) groups excluding carboxylic acids is 1. The summed E-state index contributed by atoms with van der Waals surface area (Å²) in [6.45, 7) is 4.85. The zero-order valence-electron chi connectivity index (χ0n) is 18.0. The summed E-state index contributed by atoms with van der Waals surface area (Å²) >= 11 is 6.14. The number of nitrogens with zero attached hydrogens (tertiary/aromatic N) is 2. The minimum Gasteiger partial charge on any atom is -0.451 e. The first kappa shape index (κ1) is 20.8. The van der Waals surface area contributed by atoms with Gasteiger partial charge in [0.05, 0.1) is 6.04 Å². The predicted molar refractivity (Wildman–Crippen MR) is 128 cm³/mol. The number of furan rings is 1. The van der Waals surface area contributed by atoms with Gasteiger partial charge >= 0.3 is 0 Å². The van der Waals surface area contributed by atoms with E-state index in [-0.39, 0.29) is 11.9 Å². The molecule has 1 aliphatic heterocycles. The maximum atomic E-state index is 13.2. The third kappa shape index (κ3) is 3.92. The van der Waals surface area contributed by atoms with E-state index in [0.29, 0.717) is 18.8 Å². The first-order chi connectivity index (χ1) is 15.6. The largest absolute Gasteiger partial charge is 0.451 e. The molecule has 0 spiro atoms. The molecule has 2 heterocycles. The summed E-state index contributed by atoms with van der Waals surface area (Å²) in [7, 11) is 0. The first-order valence-electron chi connectivity index (χ1n) is 10.9. The van der Waals surface area contributed by atoms with Gasteiger partial charge in [0.15, 0.2) is 5.76 Å². The van der Waals surface area contributed by atoms with Crippen LogP contribution < -0.4 is 0 Å². The van der Waals surface area contributed by atoms with Crippen molar-refractivity contribution in [3.63, 3.8) is 0 Å². The third-order valence-electron chi connectivity index (χ3n) is 6.31. The molecule has 162 valence electrons. The molecule has 32 heavy (non-hydrogen) atoms. The maximum Gasteiger partial charge on any atom is 0.289 e. The van der Waals surface area contributed by atoms with Crippen molar-refractivity contribution in [1.82, 2.24) is 9.80 Å². The average Bonchev–Trinajstić information content (AvgIpc) is 3.18. The molecule has 1 atom stereocenters. The molecule has 1 amide bonds. The smallest absolute Gasteiger partial charge is 0.289 e. The highest BCUT2D eigenvalue weighted by Crippen LogP contribution is 2.31. The Morgan fingerprint density at radius 1 is 0.844 bits per heavy atom. The molecule has 0 radical (unpaired) electrons. The number of halogens is 1. The number of rotatable bonds is 4. The second-order valence-corrected chi connectivity index (χ2v) is 8.68. The van der Waals surface area contributed by atoms with E-state index in [1.807, 2.05) is 54.3 Å². The molecule has 0 N–H and O–H groups in total. The Bertz CT molecular complexity index is 1230. The predicted octanol–water partition coefficient (Wildman–Crippen LogP) is 5.94. The quantitative estimate of drug-likeness (QED) is 0.390. The van der Waals surface area contributed by atoms with Crippen LogP contribution in [0.3, 0.4) is 0 Å². The van der Waals surface area contributed by atoms with Crippen molar-refractivity contribution in [2.45, 2.75) is 13.0 Å². The number of piperazine rings is 1. The van der Waals surface area contributed by atoms with Gasteiger partial charge in [-0.15, -0.1) is 0 Å². The van der Waals surface area contributed by atoms with Crippen LogP contribution in [0.15, 0.2) is 83.3 Å². The lowest BCUT2D eigenvalue weighted by Crippen LogP contribution is -2.49. The van der Waals surface area contributed by atoms with Gasteiger partial charge in [-0.3, -0.25) is 9.69 Å². The summed E-state index contributed by atoms with van der Waals surface area (Å²) < 4.78 is 5.92. The van der Waals surface area contributed by atoms with Gasteiger partial charge in [-0.25, -0.2) is 0 Å². The van der Waals surface area contributed by atoms with Crippen LogP contribution in [-0.4, -0.2) is 41.9 Å². The molecule has 0 bridgehead atoms. The van der Waals surface area contributed by atoms with Gasteiger partial charge in [0.25, 0.3) is 5.91 Å². The summed E-state index contributed by atoms with van der Waals surface area (Å²) in [5.41, 5.74) is 4.12. The standard InChI is InChI=1S/C27H25ClN2O2/c1-19-23-9-5-6-10-24(23)32-26(19)27(31)30-17-15-29(16-18-30)25(20-7-3-2-4-8-20)21-11-13-22(28)14-12-21/h2-14,25H,15-18H2,1H3. The Morgan fingerprint density at radius 2 is 1.47 bits per heavy atom. The molecule has 1 saturated heterocycles. The second-order valence-electron chi connectivity index (χ2n) is 8.25. The number of amides is 1. The monoisotopic (exact) mass is 444 g/mol. The summed E-state index contributed by atoms with van der Waals surface area (Å²) in [6.07, 6.45) is 0. The highest BCUT2D eigenvalue weighted by atomic mass is 35.5. The Labute approximate surface area is 193 Å². The van der Waals surface area contributed by atoms with Gasteiger partial charge < -0.3 is 9.32 Å². The van der Waals surface area contributed by atoms with Crippen LogP contribution in [0.5, 0.6) is 0 Å². The topological polar surface area (TPSA) is 36.7 Å². The average molecular weight is 445 g/mol.